The van der Waals surface area contributed by atoms with Crippen LogP contribution < -0.4 is 15.6 Å². The summed E-state index contributed by atoms with van der Waals surface area (Å²) >= 11 is 0. The van der Waals surface area contributed by atoms with E-state index in [1.54, 1.807) is 0 Å². The maximum Gasteiger partial charge on any atom is 0.129 e. The second-order valence-electron chi connectivity index (χ2n) is 4.40. The van der Waals surface area contributed by atoms with E-state index in [0.717, 1.165) is 16.3 Å². The first-order chi connectivity index (χ1) is 9.13. The van der Waals surface area contributed by atoms with E-state index in [9.17, 15) is 9.90 Å². The number of aliphatic carboxylic acids is 1. The van der Waals surface area contributed by atoms with Crippen molar-refractivity contribution in [3.05, 3.63) is 42.0 Å². The summed E-state index contributed by atoms with van der Waals surface area (Å²) in [5.41, 5.74) is 4.78. The first-order valence-corrected chi connectivity index (χ1v) is 6.30. The van der Waals surface area contributed by atoms with Crippen LogP contribution in [0.1, 0.15) is 24.9 Å². The van der Waals surface area contributed by atoms with Crippen LogP contribution in [0.2, 0.25) is 0 Å². The molecule has 1 atom stereocenters. The Labute approximate surface area is 111 Å². The average molecular weight is 259 g/mol. The van der Waals surface area contributed by atoms with Gasteiger partial charge in [-0.3, -0.25) is 0 Å². The summed E-state index contributed by atoms with van der Waals surface area (Å²) in [5, 5.41) is 12.8. The van der Waals surface area contributed by atoms with Crippen LogP contribution in [-0.4, -0.2) is 12.6 Å². The van der Waals surface area contributed by atoms with Crippen LogP contribution in [0.4, 0.5) is 0 Å². The van der Waals surface area contributed by atoms with Crippen molar-refractivity contribution in [2.75, 3.05) is 6.61 Å². The molecule has 0 saturated heterocycles. The van der Waals surface area contributed by atoms with Crippen molar-refractivity contribution in [2.24, 2.45) is 0 Å². The fourth-order valence-corrected chi connectivity index (χ4v) is 2.28. The molecule has 19 heavy (non-hydrogen) atoms. The summed E-state index contributed by atoms with van der Waals surface area (Å²) in [7, 11) is 0. The number of ether oxygens (including phenoxy) is 1. The van der Waals surface area contributed by atoms with E-state index in [4.69, 9.17) is 4.74 Å². The molecule has 0 amide bonds. The lowest BCUT2D eigenvalue weighted by Gasteiger charge is -2.17. The van der Waals surface area contributed by atoms with Gasteiger partial charge in [-0.05, 0) is 23.8 Å². The normalized spacial score (nSPS) is 12.3. The molecule has 0 saturated carbocycles. The molecule has 0 unspecified atom stereocenters. The third-order valence-electron chi connectivity index (χ3n) is 3.05. The summed E-state index contributed by atoms with van der Waals surface area (Å²) < 4.78 is 5.59. The second kappa shape index (κ2) is 5.71. The van der Waals surface area contributed by atoms with Crippen LogP contribution in [0.25, 0.3) is 10.8 Å². The van der Waals surface area contributed by atoms with Crippen LogP contribution in [0.15, 0.2) is 36.4 Å². The SMILES string of the molecule is CCOc1ccc2ccccc2c1[C@H]([NH3+])CC(=O)[O-]. The highest BCUT2D eigenvalue weighted by molar-refractivity contribution is 5.88. The molecule has 0 heterocycles. The summed E-state index contributed by atoms with van der Waals surface area (Å²) in [6.07, 6.45) is -0.117. The molecule has 2 aromatic rings. The maximum absolute atomic E-state index is 10.8. The summed E-state index contributed by atoms with van der Waals surface area (Å²) in [4.78, 5) is 10.8. The number of rotatable bonds is 5. The molecule has 4 heteroatoms. The number of quaternary nitrogens is 1. The molecular weight excluding hydrogens is 242 g/mol. The summed E-state index contributed by atoms with van der Waals surface area (Å²) in [6, 6.07) is 11.3. The Morgan fingerprint density at radius 3 is 2.74 bits per heavy atom. The number of carboxylic acid groups (broad SMARTS) is 1. The number of hydrogen-bond donors (Lipinski definition) is 1. The molecular formula is C15H17NO3. The van der Waals surface area contributed by atoms with Gasteiger partial charge >= 0.3 is 0 Å². The molecule has 3 N–H and O–H groups in total. The van der Waals surface area contributed by atoms with Crippen LogP contribution in [0.3, 0.4) is 0 Å². The first-order valence-electron chi connectivity index (χ1n) is 6.30. The lowest BCUT2D eigenvalue weighted by molar-refractivity contribution is -0.430. The van der Waals surface area contributed by atoms with Gasteiger partial charge in [0, 0.05) is 12.4 Å². The van der Waals surface area contributed by atoms with E-state index in [-0.39, 0.29) is 6.42 Å². The minimum Gasteiger partial charge on any atom is -0.550 e. The Hall–Kier alpha value is -2.07. The van der Waals surface area contributed by atoms with Crippen LogP contribution in [-0.2, 0) is 4.79 Å². The highest BCUT2D eigenvalue weighted by atomic mass is 16.5. The maximum atomic E-state index is 10.8. The molecule has 0 aliphatic heterocycles. The lowest BCUT2D eigenvalue weighted by atomic mass is 9.96. The van der Waals surface area contributed by atoms with E-state index >= 15 is 0 Å². The fraction of sp³-hybridized carbons (Fsp3) is 0.267. The molecule has 2 aromatic carbocycles. The molecule has 0 spiro atoms. The quantitative estimate of drug-likeness (QED) is 0.857. The van der Waals surface area contributed by atoms with Gasteiger partial charge in [0.1, 0.15) is 11.8 Å². The minimum absolute atomic E-state index is 0.117. The number of carboxylic acids is 1. The zero-order valence-corrected chi connectivity index (χ0v) is 10.9. The van der Waals surface area contributed by atoms with Crippen molar-refractivity contribution >= 4 is 16.7 Å². The van der Waals surface area contributed by atoms with E-state index in [1.165, 1.54) is 0 Å². The molecule has 0 bridgehead atoms. The predicted octanol–water partition coefficient (Wildman–Crippen LogP) is 0.661. The number of fused-ring (bicyclic) bond motifs is 1. The Balaban J connectivity index is 2.57. The fourth-order valence-electron chi connectivity index (χ4n) is 2.28. The minimum atomic E-state index is -1.10. The largest absolute Gasteiger partial charge is 0.550 e. The highest BCUT2D eigenvalue weighted by Crippen LogP contribution is 2.32. The Morgan fingerprint density at radius 1 is 1.32 bits per heavy atom. The van der Waals surface area contributed by atoms with Crippen LogP contribution >= 0.6 is 0 Å². The number of carbonyl (C=O) groups is 1. The molecule has 0 aliphatic rings. The van der Waals surface area contributed by atoms with Crippen molar-refractivity contribution in [2.45, 2.75) is 19.4 Å². The van der Waals surface area contributed by atoms with Crippen molar-refractivity contribution in [3.63, 3.8) is 0 Å². The van der Waals surface area contributed by atoms with Gasteiger partial charge in [-0.1, -0.05) is 30.3 Å². The number of benzene rings is 2. The third kappa shape index (κ3) is 2.85. The van der Waals surface area contributed by atoms with E-state index in [1.807, 2.05) is 43.3 Å². The van der Waals surface area contributed by atoms with Crippen LogP contribution in [0.5, 0.6) is 5.75 Å². The van der Waals surface area contributed by atoms with E-state index < -0.39 is 12.0 Å². The highest BCUT2D eigenvalue weighted by Gasteiger charge is 2.19. The standard InChI is InChI=1S/C15H17NO3/c1-2-19-13-8-7-10-5-3-4-6-11(10)15(13)12(16)9-14(17)18/h3-8,12H,2,9,16H2,1H3,(H,17,18)/t12-/m1/s1. The molecule has 4 nitrogen and oxygen atoms in total. The van der Waals surface area contributed by atoms with Gasteiger partial charge in [0.05, 0.1) is 12.2 Å². The molecule has 100 valence electrons. The lowest BCUT2D eigenvalue weighted by Crippen LogP contribution is -2.55. The van der Waals surface area contributed by atoms with Crippen LogP contribution in [0, 0.1) is 0 Å². The van der Waals surface area contributed by atoms with Gasteiger partial charge in [-0.2, -0.15) is 0 Å². The molecule has 2 rings (SSSR count). The first kappa shape index (κ1) is 13.4. The smallest absolute Gasteiger partial charge is 0.129 e. The van der Waals surface area contributed by atoms with Crippen molar-refractivity contribution < 1.29 is 20.4 Å². The third-order valence-corrected chi connectivity index (χ3v) is 3.05. The number of carbonyl (C=O) groups excluding carboxylic acids is 1. The van der Waals surface area contributed by atoms with Gasteiger partial charge in [-0.15, -0.1) is 0 Å². The summed E-state index contributed by atoms with van der Waals surface area (Å²) in [5.74, 6) is -0.405. The Bertz CT molecular complexity index is 595. The predicted molar refractivity (Wildman–Crippen MR) is 70.4 cm³/mol. The molecule has 0 aliphatic carbocycles. The van der Waals surface area contributed by atoms with Gasteiger partial charge in [-0.25, -0.2) is 0 Å². The van der Waals surface area contributed by atoms with E-state index in [2.05, 4.69) is 5.73 Å². The van der Waals surface area contributed by atoms with E-state index in [0.29, 0.717) is 12.4 Å². The average Bonchev–Trinajstić information content (AvgIpc) is 2.37. The Kier molecular flexibility index (Phi) is 4.02. The van der Waals surface area contributed by atoms with Gasteiger partial charge in [0.2, 0.25) is 0 Å². The van der Waals surface area contributed by atoms with Gasteiger partial charge in [0.15, 0.2) is 0 Å². The summed E-state index contributed by atoms with van der Waals surface area (Å²) in [6.45, 7) is 2.43. The molecule has 0 fully saturated rings. The zero-order chi connectivity index (χ0) is 13.8. The van der Waals surface area contributed by atoms with Crippen molar-refractivity contribution in [1.82, 2.24) is 0 Å². The molecule has 0 aromatic heterocycles. The van der Waals surface area contributed by atoms with Crippen molar-refractivity contribution in [3.8, 4) is 5.75 Å². The monoisotopic (exact) mass is 259 g/mol. The van der Waals surface area contributed by atoms with Gasteiger partial charge in [0.25, 0.3) is 0 Å². The Morgan fingerprint density at radius 2 is 2.05 bits per heavy atom. The second-order valence-corrected chi connectivity index (χ2v) is 4.40. The zero-order valence-electron chi connectivity index (χ0n) is 10.9. The molecule has 0 radical (unpaired) electrons. The van der Waals surface area contributed by atoms with Crippen molar-refractivity contribution in [1.29, 1.82) is 0 Å². The number of hydrogen-bond acceptors (Lipinski definition) is 3. The van der Waals surface area contributed by atoms with Gasteiger partial charge < -0.3 is 20.4 Å². The topological polar surface area (TPSA) is 77.0 Å².